The van der Waals surface area contributed by atoms with Crippen LogP contribution < -0.4 is 5.73 Å². The standard InChI is InChI=1S/C21H22F2N2O3.C2HF3O2/c22-16-6-7-18(19(23)9-16)21-13-28-17(8-15(21)11-27-20(24)25-21)12-26-10-14-4-2-1-3-5-14;3-2(4,5)1(6)7/h1-7,9,15,17H,8,10-13H2,(H2,24,25);(H,6,7)/t15-,17+,21-;/m0./s1. The lowest BCUT2D eigenvalue weighted by Crippen LogP contribution is -2.53. The summed E-state index contributed by atoms with van der Waals surface area (Å²) < 4.78 is 76.8. The first-order valence-electron chi connectivity index (χ1n) is 10.5. The van der Waals surface area contributed by atoms with Gasteiger partial charge in [-0.25, -0.2) is 18.6 Å². The Hall–Kier alpha value is -3.25. The molecule has 0 saturated carbocycles. The molecule has 7 nitrogen and oxygen atoms in total. The third-order valence-electron chi connectivity index (χ3n) is 5.56. The van der Waals surface area contributed by atoms with Gasteiger partial charge in [-0.2, -0.15) is 13.2 Å². The van der Waals surface area contributed by atoms with Gasteiger partial charge in [0.1, 0.15) is 17.2 Å². The fourth-order valence-electron chi connectivity index (χ4n) is 3.88. The van der Waals surface area contributed by atoms with Crippen LogP contribution in [0.15, 0.2) is 53.5 Å². The number of ether oxygens (including phenoxy) is 3. The van der Waals surface area contributed by atoms with E-state index in [-0.39, 0.29) is 30.2 Å². The number of benzene rings is 2. The number of carboxylic acids is 1. The van der Waals surface area contributed by atoms with Crippen molar-refractivity contribution in [1.82, 2.24) is 0 Å². The maximum absolute atomic E-state index is 14.5. The van der Waals surface area contributed by atoms with E-state index in [1.807, 2.05) is 30.3 Å². The van der Waals surface area contributed by atoms with Crippen LogP contribution in [0, 0.1) is 17.6 Å². The highest BCUT2D eigenvalue weighted by atomic mass is 19.4. The van der Waals surface area contributed by atoms with Crippen molar-refractivity contribution in [2.75, 3.05) is 19.8 Å². The Labute approximate surface area is 197 Å². The number of halogens is 5. The molecule has 35 heavy (non-hydrogen) atoms. The van der Waals surface area contributed by atoms with Crippen LogP contribution in [0.3, 0.4) is 0 Å². The highest BCUT2D eigenvalue weighted by molar-refractivity contribution is 5.73. The molecule has 0 unspecified atom stereocenters. The number of hydrogen-bond acceptors (Lipinski definition) is 6. The third kappa shape index (κ3) is 6.67. The van der Waals surface area contributed by atoms with Gasteiger partial charge in [-0.05, 0) is 18.1 Å². The summed E-state index contributed by atoms with van der Waals surface area (Å²) in [7, 11) is 0. The van der Waals surface area contributed by atoms with E-state index in [0.717, 1.165) is 11.6 Å². The Morgan fingerprint density at radius 1 is 1.20 bits per heavy atom. The summed E-state index contributed by atoms with van der Waals surface area (Å²) in [6.45, 7) is 1.33. The van der Waals surface area contributed by atoms with Crippen molar-refractivity contribution in [2.24, 2.45) is 16.6 Å². The predicted molar refractivity (Wildman–Crippen MR) is 113 cm³/mol. The zero-order valence-electron chi connectivity index (χ0n) is 18.3. The highest BCUT2D eigenvalue weighted by Crippen LogP contribution is 2.44. The van der Waals surface area contributed by atoms with Crippen LogP contribution in [-0.2, 0) is 31.2 Å². The lowest BCUT2D eigenvalue weighted by Gasteiger charge is -2.46. The zero-order chi connectivity index (χ0) is 25.6. The van der Waals surface area contributed by atoms with E-state index in [9.17, 15) is 22.0 Å². The molecular weight excluding hydrogens is 479 g/mol. The monoisotopic (exact) mass is 502 g/mol. The number of fused-ring (bicyclic) bond motifs is 1. The van der Waals surface area contributed by atoms with E-state index in [4.69, 9.17) is 29.8 Å². The van der Waals surface area contributed by atoms with Crippen LogP contribution in [0.25, 0.3) is 0 Å². The minimum Gasteiger partial charge on any atom is -0.475 e. The second kappa shape index (κ2) is 11.0. The number of hydrogen-bond donors (Lipinski definition) is 2. The Morgan fingerprint density at radius 2 is 1.89 bits per heavy atom. The van der Waals surface area contributed by atoms with Crippen LogP contribution in [-0.4, -0.2) is 49.2 Å². The molecule has 2 aromatic carbocycles. The molecule has 2 aliphatic rings. The lowest BCUT2D eigenvalue weighted by atomic mass is 9.74. The number of rotatable bonds is 5. The van der Waals surface area contributed by atoms with Crippen molar-refractivity contribution < 1.29 is 46.1 Å². The average Bonchev–Trinajstić information content (AvgIpc) is 2.79. The molecule has 0 radical (unpaired) electrons. The largest absolute Gasteiger partial charge is 0.490 e. The third-order valence-corrected chi connectivity index (χ3v) is 5.56. The Bertz CT molecular complexity index is 1050. The molecule has 3 N–H and O–H groups in total. The number of carboxylic acid groups (broad SMARTS) is 1. The molecule has 2 heterocycles. The van der Waals surface area contributed by atoms with Crippen LogP contribution in [0.4, 0.5) is 22.0 Å². The van der Waals surface area contributed by atoms with E-state index < -0.39 is 29.3 Å². The van der Waals surface area contributed by atoms with Gasteiger partial charge in [0.15, 0.2) is 0 Å². The second-order valence-corrected chi connectivity index (χ2v) is 7.98. The summed E-state index contributed by atoms with van der Waals surface area (Å²) in [5, 5.41) is 7.12. The quantitative estimate of drug-likeness (QED) is 0.604. The van der Waals surface area contributed by atoms with Gasteiger partial charge in [0.2, 0.25) is 0 Å². The Morgan fingerprint density at radius 3 is 2.51 bits per heavy atom. The van der Waals surface area contributed by atoms with E-state index >= 15 is 0 Å². The van der Waals surface area contributed by atoms with Crippen molar-refractivity contribution in [2.45, 2.75) is 30.8 Å². The van der Waals surface area contributed by atoms with Crippen molar-refractivity contribution in [1.29, 1.82) is 0 Å². The van der Waals surface area contributed by atoms with Gasteiger partial charge in [0.05, 0.1) is 32.5 Å². The number of aliphatic carboxylic acids is 1. The van der Waals surface area contributed by atoms with E-state index in [2.05, 4.69) is 4.99 Å². The van der Waals surface area contributed by atoms with Gasteiger partial charge in [0, 0.05) is 17.5 Å². The van der Waals surface area contributed by atoms with Crippen LogP contribution in [0.5, 0.6) is 0 Å². The molecule has 0 bridgehead atoms. The van der Waals surface area contributed by atoms with Crippen molar-refractivity contribution in [3.8, 4) is 0 Å². The lowest BCUT2D eigenvalue weighted by molar-refractivity contribution is -0.192. The molecule has 0 amide bonds. The van der Waals surface area contributed by atoms with Crippen molar-refractivity contribution in [3.05, 3.63) is 71.3 Å². The van der Waals surface area contributed by atoms with Crippen LogP contribution >= 0.6 is 0 Å². The first kappa shape index (κ1) is 26.4. The number of alkyl halides is 3. The number of nitrogens with zero attached hydrogens (tertiary/aromatic N) is 1. The first-order valence-corrected chi connectivity index (χ1v) is 10.5. The number of amidine groups is 1. The molecular formula is C23H23F5N2O5. The van der Waals surface area contributed by atoms with Crippen LogP contribution in [0.1, 0.15) is 17.5 Å². The van der Waals surface area contributed by atoms with Gasteiger partial charge in [-0.1, -0.05) is 36.4 Å². The molecule has 4 rings (SSSR count). The van der Waals surface area contributed by atoms with Crippen molar-refractivity contribution in [3.63, 3.8) is 0 Å². The van der Waals surface area contributed by atoms with Gasteiger partial charge in [0.25, 0.3) is 6.02 Å². The normalized spacial score (nSPS) is 23.7. The first-order chi connectivity index (χ1) is 16.5. The zero-order valence-corrected chi connectivity index (χ0v) is 18.3. The minimum absolute atomic E-state index is 0.0117. The number of aliphatic imine (C=N–C) groups is 1. The Balaban J connectivity index is 0.000000429. The van der Waals surface area contributed by atoms with E-state index in [1.54, 1.807) is 0 Å². The Kier molecular flexibility index (Phi) is 8.28. The summed E-state index contributed by atoms with van der Waals surface area (Å²) in [6.07, 6.45) is -4.67. The smallest absolute Gasteiger partial charge is 0.475 e. The van der Waals surface area contributed by atoms with Crippen molar-refractivity contribution >= 4 is 12.0 Å². The molecule has 0 aromatic heterocycles. The molecule has 190 valence electrons. The average molecular weight is 502 g/mol. The fraction of sp³-hybridized carbons (Fsp3) is 0.391. The highest BCUT2D eigenvalue weighted by Gasteiger charge is 2.50. The SMILES string of the molecule is NC1=N[C@@]2(c3ccc(F)cc3F)CO[C@@H](COCc3ccccc3)C[C@H]2CO1.O=C(O)C(F)(F)F. The van der Waals surface area contributed by atoms with Gasteiger partial charge in [-0.15, -0.1) is 0 Å². The molecule has 2 aromatic rings. The maximum atomic E-state index is 14.5. The molecule has 1 saturated heterocycles. The minimum atomic E-state index is -5.08. The molecule has 0 aliphatic carbocycles. The van der Waals surface area contributed by atoms with E-state index in [0.29, 0.717) is 26.2 Å². The summed E-state index contributed by atoms with van der Waals surface area (Å²) in [6, 6.07) is 13.4. The van der Waals surface area contributed by atoms with Gasteiger partial charge < -0.3 is 25.1 Å². The van der Waals surface area contributed by atoms with E-state index in [1.165, 1.54) is 12.1 Å². The fourth-order valence-corrected chi connectivity index (χ4v) is 3.88. The summed E-state index contributed by atoms with van der Waals surface area (Å²) in [5.74, 6) is -4.21. The summed E-state index contributed by atoms with van der Waals surface area (Å²) in [5.41, 5.74) is 6.11. The number of carbonyl (C=O) groups is 1. The molecule has 0 spiro atoms. The van der Waals surface area contributed by atoms with Gasteiger partial charge >= 0.3 is 12.1 Å². The number of nitrogens with two attached hydrogens (primary N) is 1. The molecule has 12 heteroatoms. The molecule has 3 atom stereocenters. The second-order valence-electron chi connectivity index (χ2n) is 7.98. The topological polar surface area (TPSA) is 103 Å². The summed E-state index contributed by atoms with van der Waals surface area (Å²) >= 11 is 0. The molecule has 2 aliphatic heterocycles. The molecule has 1 fully saturated rings. The van der Waals surface area contributed by atoms with Gasteiger partial charge in [-0.3, -0.25) is 0 Å². The van der Waals surface area contributed by atoms with Crippen LogP contribution in [0.2, 0.25) is 0 Å². The summed E-state index contributed by atoms with van der Waals surface area (Å²) in [4.78, 5) is 13.3. The maximum Gasteiger partial charge on any atom is 0.490 e. The predicted octanol–water partition coefficient (Wildman–Crippen LogP) is 3.76.